The molecule has 0 aliphatic carbocycles. The number of aromatic nitrogens is 2. The Balaban J connectivity index is 1.91. The number of ether oxygens (including phenoxy) is 1. The van der Waals surface area contributed by atoms with E-state index < -0.39 is 23.0 Å². The number of aryl methyl sites for hydroxylation is 1. The minimum absolute atomic E-state index is 0.0244. The van der Waals surface area contributed by atoms with E-state index in [2.05, 4.69) is 12.2 Å². The summed E-state index contributed by atoms with van der Waals surface area (Å²) in [6, 6.07) is 9.54. The number of pyridine rings is 2. The molecule has 0 bridgehead atoms. The highest BCUT2D eigenvalue weighted by atomic mass is 16.5. The van der Waals surface area contributed by atoms with E-state index in [1.54, 1.807) is 24.5 Å². The van der Waals surface area contributed by atoms with E-state index in [1.807, 2.05) is 43.3 Å². The summed E-state index contributed by atoms with van der Waals surface area (Å²) in [5.74, 6) is -1.08. The molecule has 1 aromatic carbocycles. The van der Waals surface area contributed by atoms with E-state index >= 15 is 0 Å². The van der Waals surface area contributed by atoms with Gasteiger partial charge in [-0.1, -0.05) is 39.0 Å². The molecule has 2 N–H and O–H groups in total. The van der Waals surface area contributed by atoms with Crippen molar-refractivity contribution in [3.8, 4) is 11.4 Å². The standard InChI is InChI=1S/C29H36N4O5/c1-6-18-19-11-9-10-12-23(19)31-26-20(18)16-33-24(26)15-22(21(27(33)35)17-38-25(34)7-2)29(37,8-3)28(36)30-13-14-32(4)5/h9-12,15,37H,6-8,13-14,16-17H2,1-5H3,(H,30,36)/t29-/m0/s1. The lowest BCUT2D eigenvalue weighted by Crippen LogP contribution is -2.47. The van der Waals surface area contributed by atoms with E-state index in [9.17, 15) is 19.5 Å². The first kappa shape index (κ1) is 27.5. The van der Waals surface area contributed by atoms with E-state index in [0.29, 0.717) is 31.0 Å². The van der Waals surface area contributed by atoms with Gasteiger partial charge in [-0.2, -0.15) is 0 Å². The first-order chi connectivity index (χ1) is 18.2. The van der Waals surface area contributed by atoms with Crippen LogP contribution in [0, 0.1) is 0 Å². The van der Waals surface area contributed by atoms with Crippen LogP contribution in [-0.4, -0.2) is 58.6 Å². The minimum atomic E-state index is -2.00. The third kappa shape index (κ3) is 4.83. The summed E-state index contributed by atoms with van der Waals surface area (Å²) in [5.41, 5.74) is 1.93. The first-order valence-electron chi connectivity index (χ1n) is 13.1. The van der Waals surface area contributed by atoms with E-state index in [0.717, 1.165) is 28.5 Å². The Hall–Kier alpha value is -3.56. The summed E-state index contributed by atoms with van der Waals surface area (Å²) >= 11 is 0. The van der Waals surface area contributed by atoms with Gasteiger partial charge in [0.05, 0.1) is 29.0 Å². The van der Waals surface area contributed by atoms with Crippen LogP contribution in [0.25, 0.3) is 22.3 Å². The monoisotopic (exact) mass is 520 g/mol. The van der Waals surface area contributed by atoms with Crippen molar-refractivity contribution in [1.29, 1.82) is 0 Å². The second-order valence-electron chi connectivity index (χ2n) is 9.89. The summed E-state index contributed by atoms with van der Waals surface area (Å²) in [6.07, 6.45) is 0.929. The van der Waals surface area contributed by atoms with Gasteiger partial charge in [-0.15, -0.1) is 0 Å². The highest BCUT2D eigenvalue weighted by molar-refractivity contribution is 5.89. The number of benzene rings is 1. The number of amides is 1. The van der Waals surface area contributed by atoms with Crippen LogP contribution >= 0.6 is 0 Å². The van der Waals surface area contributed by atoms with Gasteiger partial charge in [-0.25, -0.2) is 4.98 Å². The molecule has 0 spiro atoms. The van der Waals surface area contributed by atoms with Crippen molar-refractivity contribution in [1.82, 2.24) is 19.8 Å². The summed E-state index contributed by atoms with van der Waals surface area (Å²) in [6.45, 7) is 6.33. The summed E-state index contributed by atoms with van der Waals surface area (Å²) in [7, 11) is 3.77. The molecule has 0 fully saturated rings. The number of aliphatic hydroxyl groups is 1. The molecule has 4 rings (SSSR count). The molecule has 1 atom stereocenters. The van der Waals surface area contributed by atoms with Gasteiger partial charge in [-0.05, 0) is 44.6 Å². The number of carbonyl (C=O) groups excluding carboxylic acids is 2. The van der Waals surface area contributed by atoms with Crippen molar-refractivity contribution in [3.63, 3.8) is 0 Å². The van der Waals surface area contributed by atoms with Crippen LogP contribution < -0.4 is 10.9 Å². The molecule has 1 aliphatic rings. The predicted octanol–water partition coefficient (Wildman–Crippen LogP) is 2.72. The molecule has 3 heterocycles. The maximum Gasteiger partial charge on any atom is 0.305 e. The number of para-hydroxylation sites is 1. The third-order valence-electron chi connectivity index (χ3n) is 7.27. The number of hydrogen-bond acceptors (Lipinski definition) is 7. The molecule has 202 valence electrons. The van der Waals surface area contributed by atoms with Gasteiger partial charge in [0.15, 0.2) is 5.60 Å². The van der Waals surface area contributed by atoms with Crippen LogP contribution in [0.4, 0.5) is 0 Å². The second-order valence-corrected chi connectivity index (χ2v) is 9.89. The molecule has 0 unspecified atom stereocenters. The fourth-order valence-electron chi connectivity index (χ4n) is 5.08. The zero-order valence-electron chi connectivity index (χ0n) is 22.8. The lowest BCUT2D eigenvalue weighted by Gasteiger charge is -2.29. The third-order valence-corrected chi connectivity index (χ3v) is 7.27. The SMILES string of the molecule is CCC(=O)OCc1c([C@@](O)(CC)C(=O)NCCN(C)C)cc2n(c1=O)Cc1c-2nc2ccccc2c1CC. The van der Waals surface area contributed by atoms with Gasteiger partial charge in [0.1, 0.15) is 6.61 Å². The fraction of sp³-hybridized carbons (Fsp3) is 0.448. The molecule has 1 amide bonds. The van der Waals surface area contributed by atoms with Gasteiger partial charge in [0.2, 0.25) is 0 Å². The number of fused-ring (bicyclic) bond motifs is 4. The summed E-state index contributed by atoms with van der Waals surface area (Å²) in [4.78, 5) is 46.1. The predicted molar refractivity (Wildman–Crippen MR) is 146 cm³/mol. The van der Waals surface area contributed by atoms with Crippen molar-refractivity contribution < 1.29 is 19.4 Å². The van der Waals surface area contributed by atoms with Crippen molar-refractivity contribution in [2.24, 2.45) is 0 Å². The Morgan fingerprint density at radius 3 is 2.58 bits per heavy atom. The van der Waals surface area contributed by atoms with E-state index in [1.165, 1.54) is 0 Å². The largest absolute Gasteiger partial charge is 0.461 e. The van der Waals surface area contributed by atoms with Gasteiger partial charge in [0.25, 0.3) is 11.5 Å². The van der Waals surface area contributed by atoms with Gasteiger partial charge in [-0.3, -0.25) is 14.4 Å². The number of rotatable bonds is 10. The van der Waals surface area contributed by atoms with E-state index in [4.69, 9.17) is 9.72 Å². The molecule has 9 nitrogen and oxygen atoms in total. The topological polar surface area (TPSA) is 114 Å². The van der Waals surface area contributed by atoms with E-state index in [-0.39, 0.29) is 30.6 Å². The Morgan fingerprint density at radius 2 is 1.92 bits per heavy atom. The van der Waals surface area contributed by atoms with Crippen LogP contribution in [0.3, 0.4) is 0 Å². The molecule has 1 aliphatic heterocycles. The molecular formula is C29H36N4O5. The highest BCUT2D eigenvalue weighted by Gasteiger charge is 2.41. The number of nitrogens with one attached hydrogen (secondary N) is 1. The number of nitrogens with zero attached hydrogens (tertiary/aromatic N) is 3. The Morgan fingerprint density at radius 1 is 1.18 bits per heavy atom. The minimum Gasteiger partial charge on any atom is -0.461 e. The molecular weight excluding hydrogens is 484 g/mol. The lowest BCUT2D eigenvalue weighted by molar-refractivity contribution is -0.144. The number of carbonyl (C=O) groups is 2. The maximum atomic E-state index is 13.9. The molecule has 2 aromatic heterocycles. The number of hydrogen-bond donors (Lipinski definition) is 2. The summed E-state index contributed by atoms with van der Waals surface area (Å²) < 4.78 is 6.96. The molecule has 0 saturated carbocycles. The van der Waals surface area contributed by atoms with Crippen molar-refractivity contribution in [3.05, 3.63) is 62.9 Å². The quantitative estimate of drug-likeness (QED) is 0.309. The molecule has 9 heteroatoms. The average Bonchev–Trinajstić information content (AvgIpc) is 3.28. The molecule has 0 radical (unpaired) electrons. The highest BCUT2D eigenvalue weighted by Crippen LogP contribution is 2.38. The Labute approximate surface area is 222 Å². The van der Waals surface area contributed by atoms with Crippen LogP contribution in [0.15, 0.2) is 35.1 Å². The lowest BCUT2D eigenvalue weighted by atomic mass is 9.86. The fourth-order valence-corrected chi connectivity index (χ4v) is 5.08. The van der Waals surface area contributed by atoms with Crippen molar-refractivity contribution in [2.45, 2.75) is 58.8 Å². The van der Waals surface area contributed by atoms with Crippen molar-refractivity contribution >= 4 is 22.8 Å². The van der Waals surface area contributed by atoms with Crippen LogP contribution in [0.5, 0.6) is 0 Å². The van der Waals surface area contributed by atoms with Crippen LogP contribution in [0.2, 0.25) is 0 Å². The molecule has 3 aromatic rings. The smallest absolute Gasteiger partial charge is 0.305 e. The second kappa shape index (κ2) is 11.0. The Kier molecular flexibility index (Phi) is 7.99. The van der Waals surface area contributed by atoms with Crippen LogP contribution in [-0.2, 0) is 39.5 Å². The maximum absolute atomic E-state index is 13.9. The summed E-state index contributed by atoms with van der Waals surface area (Å²) in [5, 5.41) is 15.6. The molecule has 0 saturated heterocycles. The Bertz CT molecular complexity index is 1450. The van der Waals surface area contributed by atoms with Gasteiger partial charge < -0.3 is 24.6 Å². The normalized spacial score (nSPS) is 13.8. The van der Waals surface area contributed by atoms with Crippen LogP contribution in [0.1, 0.15) is 55.9 Å². The number of likely N-dealkylation sites (N-methyl/N-ethyl adjacent to an activating group) is 1. The zero-order chi connectivity index (χ0) is 27.6. The first-order valence-corrected chi connectivity index (χ1v) is 13.1. The zero-order valence-corrected chi connectivity index (χ0v) is 22.8. The average molecular weight is 521 g/mol. The molecule has 38 heavy (non-hydrogen) atoms. The van der Waals surface area contributed by atoms with Crippen molar-refractivity contribution in [2.75, 3.05) is 27.2 Å². The van der Waals surface area contributed by atoms with Gasteiger partial charge in [0, 0.05) is 36.0 Å². The number of esters is 1. The van der Waals surface area contributed by atoms with Gasteiger partial charge >= 0.3 is 5.97 Å².